The Bertz CT molecular complexity index is 593. The van der Waals surface area contributed by atoms with E-state index in [4.69, 9.17) is 0 Å². The summed E-state index contributed by atoms with van der Waals surface area (Å²) in [7, 11) is 1.98. The van der Waals surface area contributed by atoms with Gasteiger partial charge in [0.2, 0.25) is 0 Å². The van der Waals surface area contributed by atoms with Gasteiger partial charge in [-0.1, -0.05) is 13.8 Å². The van der Waals surface area contributed by atoms with E-state index in [2.05, 4.69) is 48.3 Å². The molecule has 110 valence electrons. The second-order valence-corrected chi connectivity index (χ2v) is 5.57. The van der Waals surface area contributed by atoms with Gasteiger partial charge in [0.05, 0.1) is 5.69 Å². The van der Waals surface area contributed by atoms with Crippen LogP contribution in [0.5, 0.6) is 0 Å². The lowest BCUT2D eigenvalue weighted by Crippen LogP contribution is -2.22. The molecule has 2 aromatic rings. The highest BCUT2D eigenvalue weighted by molar-refractivity contribution is 5.24. The van der Waals surface area contributed by atoms with Crippen molar-refractivity contribution in [3.8, 4) is 0 Å². The Morgan fingerprint density at radius 2 is 1.85 bits per heavy atom. The van der Waals surface area contributed by atoms with Gasteiger partial charge in [-0.05, 0) is 20.8 Å². The minimum absolute atomic E-state index is 0.471. The smallest absolute Gasteiger partial charge is 0.154 e. The summed E-state index contributed by atoms with van der Waals surface area (Å²) >= 11 is 0. The van der Waals surface area contributed by atoms with Crippen molar-refractivity contribution in [1.82, 2.24) is 29.9 Å². The number of aromatic nitrogens is 5. The molecule has 2 aromatic heterocycles. The van der Waals surface area contributed by atoms with E-state index in [1.165, 1.54) is 11.3 Å². The summed E-state index contributed by atoms with van der Waals surface area (Å²) in [5.41, 5.74) is 3.54. The lowest BCUT2D eigenvalue weighted by atomic mass is 10.2. The highest BCUT2D eigenvalue weighted by atomic mass is 15.3. The number of aryl methyl sites for hydroxylation is 2. The topological polar surface area (TPSA) is 60.6 Å². The van der Waals surface area contributed by atoms with Crippen molar-refractivity contribution >= 4 is 0 Å². The number of hydrogen-bond acceptors (Lipinski definition) is 4. The maximum Gasteiger partial charge on any atom is 0.154 e. The van der Waals surface area contributed by atoms with Gasteiger partial charge in [0, 0.05) is 30.9 Å². The summed E-state index contributed by atoms with van der Waals surface area (Å²) in [4.78, 5) is 0. The molecule has 0 unspecified atom stereocenters. The van der Waals surface area contributed by atoms with Gasteiger partial charge in [-0.3, -0.25) is 4.68 Å². The molecule has 0 aliphatic rings. The van der Waals surface area contributed by atoms with Crippen molar-refractivity contribution in [2.24, 2.45) is 7.05 Å². The first-order valence-corrected chi connectivity index (χ1v) is 7.01. The Balaban J connectivity index is 2.21. The zero-order chi connectivity index (χ0) is 14.9. The highest BCUT2D eigenvalue weighted by Gasteiger charge is 2.14. The molecule has 20 heavy (non-hydrogen) atoms. The third-order valence-corrected chi connectivity index (χ3v) is 3.69. The maximum absolute atomic E-state index is 4.63. The second kappa shape index (κ2) is 5.75. The van der Waals surface area contributed by atoms with Crippen molar-refractivity contribution in [2.75, 3.05) is 0 Å². The van der Waals surface area contributed by atoms with Crippen LogP contribution in [0.2, 0.25) is 0 Å². The van der Waals surface area contributed by atoms with Crippen molar-refractivity contribution in [1.29, 1.82) is 0 Å². The van der Waals surface area contributed by atoms with Gasteiger partial charge in [-0.25, -0.2) is 0 Å². The van der Waals surface area contributed by atoms with Gasteiger partial charge in [-0.2, -0.15) is 5.10 Å². The van der Waals surface area contributed by atoms with Gasteiger partial charge < -0.3 is 9.88 Å². The first-order chi connectivity index (χ1) is 9.40. The van der Waals surface area contributed by atoms with Crippen LogP contribution in [0.25, 0.3) is 0 Å². The minimum Gasteiger partial charge on any atom is -0.317 e. The first-order valence-electron chi connectivity index (χ1n) is 7.01. The van der Waals surface area contributed by atoms with Gasteiger partial charge >= 0.3 is 0 Å². The molecular weight excluding hydrogens is 252 g/mol. The molecule has 1 N–H and O–H groups in total. The molecule has 0 fully saturated rings. The Morgan fingerprint density at radius 3 is 2.40 bits per heavy atom. The molecule has 0 aliphatic heterocycles. The normalized spacial score (nSPS) is 11.6. The molecule has 0 spiro atoms. The predicted molar refractivity (Wildman–Crippen MR) is 78.5 cm³/mol. The van der Waals surface area contributed by atoms with Gasteiger partial charge in [-0.15, -0.1) is 10.2 Å². The zero-order valence-corrected chi connectivity index (χ0v) is 13.2. The third-order valence-electron chi connectivity index (χ3n) is 3.69. The van der Waals surface area contributed by atoms with Crippen LogP contribution < -0.4 is 5.32 Å². The van der Waals surface area contributed by atoms with Crippen molar-refractivity contribution in [2.45, 2.75) is 53.8 Å². The Kier molecular flexibility index (Phi) is 4.23. The summed E-state index contributed by atoms with van der Waals surface area (Å²) in [6, 6.07) is 0.471. The van der Waals surface area contributed by atoms with E-state index in [9.17, 15) is 0 Å². The van der Waals surface area contributed by atoms with Crippen molar-refractivity contribution in [3.05, 3.63) is 28.6 Å². The average Bonchev–Trinajstić information content (AvgIpc) is 2.82. The largest absolute Gasteiger partial charge is 0.317 e. The average molecular weight is 276 g/mol. The van der Waals surface area contributed by atoms with Crippen LogP contribution in [0.1, 0.15) is 42.4 Å². The Morgan fingerprint density at radius 1 is 1.15 bits per heavy atom. The van der Waals surface area contributed by atoms with Crippen LogP contribution in [0, 0.1) is 20.8 Å². The van der Waals surface area contributed by atoms with Gasteiger partial charge in [0.25, 0.3) is 0 Å². The van der Waals surface area contributed by atoms with Crippen LogP contribution in [-0.4, -0.2) is 30.6 Å². The standard InChI is InChI=1S/C14H24N6/c1-9(2)15-7-13-10(3)18-20(11(13)4)8-14-17-16-12(5)19(14)6/h9,15H,7-8H2,1-6H3. The van der Waals surface area contributed by atoms with Crippen LogP contribution in [0.3, 0.4) is 0 Å². The van der Waals surface area contributed by atoms with Crippen LogP contribution in [-0.2, 0) is 20.1 Å². The first kappa shape index (κ1) is 14.7. The third kappa shape index (κ3) is 2.90. The fourth-order valence-electron chi connectivity index (χ4n) is 2.17. The molecule has 2 rings (SSSR count). The molecule has 0 bridgehead atoms. The SMILES string of the molecule is Cc1nn(Cc2nnc(C)n2C)c(C)c1CNC(C)C. The second-order valence-electron chi connectivity index (χ2n) is 5.57. The predicted octanol–water partition coefficient (Wildman–Crippen LogP) is 1.48. The van der Waals surface area contributed by atoms with E-state index in [-0.39, 0.29) is 0 Å². The van der Waals surface area contributed by atoms with Crippen LogP contribution in [0.4, 0.5) is 0 Å². The Labute approximate surface area is 120 Å². The number of nitrogens with zero attached hydrogens (tertiary/aromatic N) is 5. The fraction of sp³-hybridized carbons (Fsp3) is 0.643. The lowest BCUT2D eigenvalue weighted by molar-refractivity contribution is 0.582. The van der Waals surface area contributed by atoms with Gasteiger partial charge in [0.15, 0.2) is 5.82 Å². The molecule has 6 heteroatoms. The van der Waals surface area contributed by atoms with Crippen LogP contribution >= 0.6 is 0 Å². The number of rotatable bonds is 5. The molecule has 0 saturated heterocycles. The quantitative estimate of drug-likeness (QED) is 0.898. The fourth-order valence-corrected chi connectivity index (χ4v) is 2.17. The summed E-state index contributed by atoms with van der Waals surface area (Å²) in [6.07, 6.45) is 0. The van der Waals surface area contributed by atoms with E-state index >= 15 is 0 Å². The lowest BCUT2D eigenvalue weighted by Gasteiger charge is -2.09. The molecule has 6 nitrogen and oxygen atoms in total. The molecule has 0 aliphatic carbocycles. The van der Waals surface area contributed by atoms with Crippen molar-refractivity contribution in [3.63, 3.8) is 0 Å². The molecule has 0 aromatic carbocycles. The monoisotopic (exact) mass is 276 g/mol. The van der Waals surface area contributed by atoms with E-state index in [1.807, 2.05) is 23.2 Å². The Hall–Kier alpha value is -1.69. The summed E-state index contributed by atoms with van der Waals surface area (Å²) in [5.74, 6) is 1.85. The zero-order valence-electron chi connectivity index (χ0n) is 13.2. The summed E-state index contributed by atoms with van der Waals surface area (Å²) in [6.45, 7) is 11.9. The van der Waals surface area contributed by atoms with Crippen LogP contribution in [0.15, 0.2) is 0 Å². The molecule has 0 radical (unpaired) electrons. The van der Waals surface area contributed by atoms with E-state index in [0.717, 1.165) is 23.9 Å². The molecular formula is C14H24N6. The number of nitrogens with one attached hydrogen (secondary N) is 1. The number of hydrogen-bond donors (Lipinski definition) is 1. The van der Waals surface area contributed by atoms with Crippen molar-refractivity contribution < 1.29 is 0 Å². The van der Waals surface area contributed by atoms with E-state index in [0.29, 0.717) is 12.6 Å². The molecule has 0 amide bonds. The summed E-state index contributed by atoms with van der Waals surface area (Å²) < 4.78 is 4.01. The summed E-state index contributed by atoms with van der Waals surface area (Å²) in [5, 5.41) is 16.4. The minimum atomic E-state index is 0.471. The molecule has 2 heterocycles. The molecule has 0 saturated carbocycles. The van der Waals surface area contributed by atoms with Gasteiger partial charge in [0.1, 0.15) is 12.4 Å². The maximum atomic E-state index is 4.63. The van der Waals surface area contributed by atoms with E-state index < -0.39 is 0 Å². The molecule has 0 atom stereocenters. The highest BCUT2D eigenvalue weighted by Crippen LogP contribution is 2.14. The van der Waals surface area contributed by atoms with E-state index in [1.54, 1.807) is 0 Å².